The lowest BCUT2D eigenvalue weighted by Crippen LogP contribution is -2.41. The molecule has 0 saturated carbocycles. The molecule has 0 aromatic heterocycles. The number of carbonyl (C=O) groups is 2. The lowest BCUT2D eigenvalue weighted by molar-refractivity contribution is -0.127. The van der Waals surface area contributed by atoms with Crippen LogP contribution in [0.4, 0.5) is 0 Å². The van der Waals surface area contributed by atoms with Crippen LogP contribution in [-0.4, -0.2) is 31.7 Å². The Morgan fingerprint density at radius 1 is 1.20 bits per heavy atom. The lowest BCUT2D eigenvalue weighted by atomic mass is 10.0. The van der Waals surface area contributed by atoms with E-state index < -0.39 is 15.7 Å². The molecule has 0 spiro atoms. The van der Waals surface area contributed by atoms with E-state index in [2.05, 4.69) is 24.7 Å². The Kier molecular flexibility index (Phi) is 6.36. The number of carbonyl (C=O) groups excluding carboxylic acids is 2. The van der Waals surface area contributed by atoms with Crippen molar-refractivity contribution in [3.63, 3.8) is 0 Å². The smallest absolute Gasteiger partial charge is 0.262 e. The molecular weight excluding hydrogens is 340 g/mol. The fourth-order valence-electron chi connectivity index (χ4n) is 2.68. The molecule has 2 amide bonds. The van der Waals surface area contributed by atoms with Gasteiger partial charge in [-0.15, -0.1) is 0 Å². The van der Waals surface area contributed by atoms with E-state index in [9.17, 15) is 18.0 Å². The largest absolute Gasteiger partial charge is 0.273 e. The summed E-state index contributed by atoms with van der Waals surface area (Å²) in [4.78, 5) is 23.5. The van der Waals surface area contributed by atoms with Crippen molar-refractivity contribution < 1.29 is 18.0 Å². The van der Waals surface area contributed by atoms with Crippen LogP contribution in [0.3, 0.4) is 0 Å². The fourth-order valence-corrected chi connectivity index (χ4v) is 4.54. The minimum absolute atomic E-state index is 0.0423. The minimum atomic E-state index is -3.00. The highest BCUT2D eigenvalue weighted by Gasteiger charge is 2.29. The molecule has 1 atom stereocenters. The van der Waals surface area contributed by atoms with Gasteiger partial charge >= 0.3 is 0 Å². The van der Waals surface area contributed by atoms with Crippen LogP contribution in [0, 0.1) is 5.92 Å². The first-order valence-corrected chi connectivity index (χ1v) is 10.1. The Bertz CT molecular complexity index is 752. The van der Waals surface area contributed by atoms with Crippen LogP contribution in [0.5, 0.6) is 0 Å². The van der Waals surface area contributed by atoms with Crippen molar-refractivity contribution in [2.45, 2.75) is 32.6 Å². The summed E-state index contributed by atoms with van der Waals surface area (Å²) in [6, 6.07) is 7.88. The third kappa shape index (κ3) is 6.34. The average molecular weight is 364 g/mol. The van der Waals surface area contributed by atoms with Gasteiger partial charge in [0.05, 0.1) is 11.5 Å². The van der Waals surface area contributed by atoms with Crippen LogP contribution in [0.25, 0.3) is 6.08 Å². The van der Waals surface area contributed by atoms with Gasteiger partial charge in [-0.1, -0.05) is 38.1 Å². The van der Waals surface area contributed by atoms with E-state index in [1.807, 2.05) is 24.3 Å². The maximum absolute atomic E-state index is 11.7. The van der Waals surface area contributed by atoms with E-state index in [1.165, 1.54) is 11.6 Å². The second-order valence-electron chi connectivity index (χ2n) is 6.67. The van der Waals surface area contributed by atoms with Gasteiger partial charge in [-0.05, 0) is 35.5 Å². The summed E-state index contributed by atoms with van der Waals surface area (Å²) in [6.07, 6.45) is 3.59. The third-order valence-electron chi connectivity index (χ3n) is 4.16. The zero-order valence-corrected chi connectivity index (χ0v) is 15.3. The quantitative estimate of drug-likeness (QED) is 0.615. The van der Waals surface area contributed by atoms with Crippen molar-refractivity contribution in [1.29, 1.82) is 0 Å². The van der Waals surface area contributed by atoms with Gasteiger partial charge in [-0.2, -0.15) is 0 Å². The second kappa shape index (κ2) is 8.29. The molecular formula is C18H24N2O4S. The number of sulfone groups is 1. The number of benzene rings is 1. The van der Waals surface area contributed by atoms with Crippen molar-refractivity contribution in [3.05, 3.63) is 41.5 Å². The summed E-state index contributed by atoms with van der Waals surface area (Å²) in [5.74, 6) is -0.371. The number of hydrazine groups is 1. The summed E-state index contributed by atoms with van der Waals surface area (Å²) < 4.78 is 22.7. The molecule has 25 heavy (non-hydrogen) atoms. The number of hydrogen-bond donors (Lipinski definition) is 2. The molecule has 6 nitrogen and oxygen atoms in total. The molecule has 0 unspecified atom stereocenters. The molecule has 2 N–H and O–H groups in total. The van der Waals surface area contributed by atoms with Crippen LogP contribution in [0.15, 0.2) is 30.3 Å². The highest BCUT2D eigenvalue weighted by molar-refractivity contribution is 7.91. The zero-order chi connectivity index (χ0) is 18.4. The van der Waals surface area contributed by atoms with E-state index in [1.54, 1.807) is 6.08 Å². The Labute approximate surface area is 148 Å². The predicted molar refractivity (Wildman–Crippen MR) is 97.2 cm³/mol. The van der Waals surface area contributed by atoms with E-state index >= 15 is 0 Å². The van der Waals surface area contributed by atoms with Gasteiger partial charge in [-0.25, -0.2) is 8.42 Å². The van der Waals surface area contributed by atoms with Gasteiger partial charge in [-0.3, -0.25) is 20.4 Å². The summed E-state index contributed by atoms with van der Waals surface area (Å²) in [5.41, 5.74) is 6.73. The first kappa shape index (κ1) is 19.2. The Morgan fingerprint density at radius 2 is 1.88 bits per heavy atom. The Balaban J connectivity index is 1.75. The van der Waals surface area contributed by atoms with Crippen LogP contribution in [-0.2, 0) is 19.4 Å². The molecule has 1 aromatic carbocycles. The van der Waals surface area contributed by atoms with Gasteiger partial charge in [0, 0.05) is 12.5 Å². The maximum Gasteiger partial charge on any atom is 0.262 e. The van der Waals surface area contributed by atoms with E-state index in [4.69, 9.17) is 0 Å². The van der Waals surface area contributed by atoms with Crippen molar-refractivity contribution in [1.82, 2.24) is 10.9 Å². The van der Waals surface area contributed by atoms with Crippen molar-refractivity contribution in [2.24, 2.45) is 5.92 Å². The van der Waals surface area contributed by atoms with Crippen LogP contribution in [0.2, 0.25) is 0 Å². The molecule has 2 rings (SSSR count). The molecule has 0 bridgehead atoms. The summed E-state index contributed by atoms with van der Waals surface area (Å²) in [6.45, 7) is 4.23. The highest BCUT2D eigenvalue weighted by Crippen LogP contribution is 2.21. The van der Waals surface area contributed by atoms with Crippen molar-refractivity contribution in [3.8, 4) is 0 Å². The molecule has 1 aliphatic rings. The molecule has 1 aliphatic heterocycles. The normalized spacial score (nSPS) is 19.2. The van der Waals surface area contributed by atoms with Gasteiger partial charge in [0.15, 0.2) is 9.84 Å². The van der Waals surface area contributed by atoms with Gasteiger partial charge < -0.3 is 0 Å². The number of nitrogens with one attached hydrogen (secondary N) is 2. The van der Waals surface area contributed by atoms with Gasteiger partial charge in [0.25, 0.3) is 5.91 Å². The lowest BCUT2D eigenvalue weighted by Gasteiger charge is -2.08. The monoisotopic (exact) mass is 364 g/mol. The van der Waals surface area contributed by atoms with Crippen molar-refractivity contribution in [2.75, 3.05) is 11.5 Å². The molecule has 136 valence electrons. The average Bonchev–Trinajstić information content (AvgIpc) is 2.90. The minimum Gasteiger partial charge on any atom is -0.273 e. The molecule has 0 aliphatic carbocycles. The molecule has 1 fully saturated rings. The van der Waals surface area contributed by atoms with Crippen molar-refractivity contribution >= 4 is 27.7 Å². The molecule has 7 heteroatoms. The van der Waals surface area contributed by atoms with Gasteiger partial charge in [0.1, 0.15) is 0 Å². The third-order valence-corrected chi connectivity index (χ3v) is 5.99. The summed E-state index contributed by atoms with van der Waals surface area (Å²) >= 11 is 0. The van der Waals surface area contributed by atoms with Gasteiger partial charge in [0.2, 0.25) is 5.91 Å². The maximum atomic E-state index is 11.7. The van der Waals surface area contributed by atoms with E-state index in [0.717, 1.165) is 5.56 Å². The SMILES string of the molecule is CC(C)c1ccc(/C=C/C(=O)NNC(=O)C[C@H]2CCS(=O)(=O)C2)cc1. The summed E-state index contributed by atoms with van der Waals surface area (Å²) in [5, 5.41) is 0. The zero-order valence-electron chi connectivity index (χ0n) is 14.5. The Hall–Kier alpha value is -2.15. The molecule has 1 heterocycles. The second-order valence-corrected chi connectivity index (χ2v) is 8.89. The predicted octanol–water partition coefficient (Wildman–Crippen LogP) is 1.80. The topological polar surface area (TPSA) is 92.3 Å². The van der Waals surface area contributed by atoms with Crippen LogP contribution in [0.1, 0.15) is 43.7 Å². The molecule has 1 aromatic rings. The standard InChI is InChI=1S/C18H24N2O4S/c1-13(2)16-6-3-14(4-7-16)5-8-17(21)19-20-18(22)11-15-9-10-25(23,24)12-15/h3-8,13,15H,9-12H2,1-2H3,(H,19,21)(H,20,22)/b8-5+/t15-/m1/s1. The highest BCUT2D eigenvalue weighted by atomic mass is 32.2. The Morgan fingerprint density at radius 3 is 2.44 bits per heavy atom. The summed E-state index contributed by atoms with van der Waals surface area (Å²) in [7, 11) is -3.00. The number of rotatable bonds is 5. The first-order chi connectivity index (χ1) is 11.7. The van der Waals surface area contributed by atoms with E-state index in [-0.39, 0.29) is 29.8 Å². The molecule has 0 radical (unpaired) electrons. The van der Waals surface area contributed by atoms with Crippen LogP contribution >= 0.6 is 0 Å². The molecule has 1 saturated heterocycles. The number of hydrogen-bond acceptors (Lipinski definition) is 4. The number of amides is 2. The van der Waals surface area contributed by atoms with Crippen LogP contribution < -0.4 is 10.9 Å². The van der Waals surface area contributed by atoms with E-state index in [0.29, 0.717) is 12.3 Å². The first-order valence-electron chi connectivity index (χ1n) is 8.32. The fraction of sp³-hybridized carbons (Fsp3) is 0.444.